The third-order valence-corrected chi connectivity index (χ3v) is 5.89. The highest BCUT2D eigenvalue weighted by Gasteiger charge is 2.35. The average Bonchev–Trinajstić information content (AvgIpc) is 2.69. The number of benzene rings is 1. The molecule has 0 aliphatic carbocycles. The monoisotopic (exact) mass is 471 g/mol. The number of pyridine rings is 1. The van der Waals surface area contributed by atoms with Gasteiger partial charge in [0.25, 0.3) is 0 Å². The summed E-state index contributed by atoms with van der Waals surface area (Å²) in [6.07, 6.45) is 2.83. The van der Waals surface area contributed by atoms with Crippen LogP contribution in [-0.4, -0.2) is 40.3 Å². The van der Waals surface area contributed by atoms with Crippen LogP contribution in [0.2, 0.25) is 0 Å². The van der Waals surface area contributed by atoms with Gasteiger partial charge < -0.3 is 20.5 Å². The topological polar surface area (TPSA) is 83.5 Å². The maximum Gasteiger partial charge on any atom is 0.217 e. The summed E-state index contributed by atoms with van der Waals surface area (Å²) in [5.41, 5.74) is 2.47. The van der Waals surface area contributed by atoms with Gasteiger partial charge in [0.1, 0.15) is 17.2 Å². The molecule has 3 N–H and O–H groups in total. The summed E-state index contributed by atoms with van der Waals surface area (Å²) in [4.78, 5) is 16.4. The number of halogens is 1. The van der Waals surface area contributed by atoms with Crippen LogP contribution >= 0.6 is 0 Å². The SMILES string of the molecule is CC(=O)N[C@@H](Cc1cccc(F)c1)[C@@H](O)CN[C@H]1CC(C)(C)Oc2cnc(CC(C)(C)C)cc21. The van der Waals surface area contributed by atoms with Gasteiger partial charge >= 0.3 is 0 Å². The second-order valence-corrected chi connectivity index (χ2v) is 11.2. The van der Waals surface area contributed by atoms with Crippen molar-refractivity contribution >= 4 is 5.91 Å². The summed E-state index contributed by atoms with van der Waals surface area (Å²) >= 11 is 0. The molecule has 0 spiro atoms. The fourth-order valence-corrected chi connectivity index (χ4v) is 4.49. The van der Waals surface area contributed by atoms with Crippen molar-refractivity contribution < 1.29 is 19.0 Å². The quantitative estimate of drug-likeness (QED) is 0.540. The molecule has 0 saturated carbocycles. The smallest absolute Gasteiger partial charge is 0.217 e. The number of hydrogen-bond acceptors (Lipinski definition) is 5. The first kappa shape index (κ1) is 26.1. The third-order valence-electron chi connectivity index (χ3n) is 5.89. The average molecular weight is 472 g/mol. The number of nitrogens with one attached hydrogen (secondary N) is 2. The van der Waals surface area contributed by atoms with E-state index in [2.05, 4.69) is 42.5 Å². The molecular weight excluding hydrogens is 433 g/mol. The van der Waals surface area contributed by atoms with E-state index in [0.717, 1.165) is 29.8 Å². The molecular formula is C27H38FN3O3. The minimum absolute atomic E-state index is 0.0396. The molecule has 1 amide bonds. The molecule has 1 aliphatic heterocycles. The first-order chi connectivity index (χ1) is 15.8. The van der Waals surface area contributed by atoms with E-state index in [0.29, 0.717) is 12.0 Å². The summed E-state index contributed by atoms with van der Waals surface area (Å²) in [6.45, 7) is 12.3. The zero-order valence-electron chi connectivity index (χ0n) is 21.1. The molecule has 3 atom stereocenters. The number of aromatic nitrogens is 1. The number of nitrogens with zero attached hydrogens (tertiary/aromatic N) is 1. The van der Waals surface area contributed by atoms with Crippen molar-refractivity contribution in [3.05, 3.63) is 59.2 Å². The Kier molecular flexibility index (Phi) is 7.98. The first-order valence-corrected chi connectivity index (χ1v) is 11.9. The molecule has 0 fully saturated rings. The fraction of sp³-hybridized carbons (Fsp3) is 0.556. The maximum atomic E-state index is 13.6. The van der Waals surface area contributed by atoms with Crippen LogP contribution in [0, 0.1) is 11.2 Å². The minimum atomic E-state index is -0.863. The van der Waals surface area contributed by atoms with Crippen LogP contribution in [0.5, 0.6) is 5.75 Å². The van der Waals surface area contributed by atoms with Crippen LogP contribution < -0.4 is 15.4 Å². The predicted octanol–water partition coefficient (Wildman–Crippen LogP) is 4.11. The highest BCUT2D eigenvalue weighted by atomic mass is 19.1. The van der Waals surface area contributed by atoms with E-state index in [1.54, 1.807) is 18.3 Å². The first-order valence-electron chi connectivity index (χ1n) is 11.9. The molecule has 186 valence electrons. The molecule has 0 saturated heterocycles. The Labute approximate surface area is 202 Å². The van der Waals surface area contributed by atoms with Crippen LogP contribution in [0.15, 0.2) is 36.5 Å². The van der Waals surface area contributed by atoms with Gasteiger partial charge in [-0.25, -0.2) is 4.39 Å². The lowest BCUT2D eigenvalue weighted by Crippen LogP contribution is -2.49. The van der Waals surface area contributed by atoms with Gasteiger partial charge in [0.15, 0.2) is 0 Å². The van der Waals surface area contributed by atoms with Crippen LogP contribution in [0.4, 0.5) is 4.39 Å². The van der Waals surface area contributed by atoms with Crippen LogP contribution in [0.3, 0.4) is 0 Å². The van der Waals surface area contributed by atoms with Crippen molar-refractivity contribution in [2.75, 3.05) is 6.54 Å². The van der Waals surface area contributed by atoms with Gasteiger partial charge in [-0.1, -0.05) is 32.9 Å². The Balaban J connectivity index is 1.76. The summed E-state index contributed by atoms with van der Waals surface area (Å²) in [6, 6.07) is 7.73. The molecule has 34 heavy (non-hydrogen) atoms. The molecule has 3 rings (SSSR count). The third kappa shape index (κ3) is 7.50. The maximum absolute atomic E-state index is 13.6. The molecule has 2 heterocycles. The van der Waals surface area contributed by atoms with Gasteiger partial charge in [-0.15, -0.1) is 0 Å². The second-order valence-electron chi connectivity index (χ2n) is 11.2. The predicted molar refractivity (Wildman–Crippen MR) is 131 cm³/mol. The molecule has 7 heteroatoms. The molecule has 2 aromatic rings. The Morgan fingerprint density at radius 2 is 2.06 bits per heavy atom. The Morgan fingerprint density at radius 1 is 1.32 bits per heavy atom. The lowest BCUT2D eigenvalue weighted by molar-refractivity contribution is -0.120. The van der Waals surface area contributed by atoms with Gasteiger partial charge in [-0.3, -0.25) is 9.78 Å². The summed E-state index contributed by atoms with van der Waals surface area (Å²) in [5.74, 6) is 0.169. The van der Waals surface area contributed by atoms with Gasteiger partial charge in [-0.05, 0) is 55.9 Å². The highest BCUT2D eigenvalue weighted by Crippen LogP contribution is 2.39. The van der Waals surface area contributed by atoms with E-state index in [1.165, 1.54) is 19.1 Å². The van der Waals surface area contributed by atoms with E-state index in [1.807, 2.05) is 13.8 Å². The second kappa shape index (κ2) is 10.4. The number of fused-ring (bicyclic) bond motifs is 1. The number of amides is 1. The molecule has 1 aliphatic rings. The van der Waals surface area contributed by atoms with Crippen LogP contribution in [-0.2, 0) is 17.6 Å². The van der Waals surface area contributed by atoms with Gasteiger partial charge in [-0.2, -0.15) is 0 Å². The normalized spacial score (nSPS) is 19.0. The standard InChI is InChI=1S/C27H38FN3O3/c1-17(32)31-22(11-18-8-7-9-19(28)10-18)24(33)15-30-23-14-27(5,6)34-25-16-29-20(12-21(23)25)13-26(2,3)4/h7-10,12,16,22-24,30,33H,11,13-15H2,1-6H3,(H,31,32)/t22-,23-,24-/m0/s1. The number of rotatable bonds is 8. The number of hydrogen-bond donors (Lipinski definition) is 3. The molecule has 0 unspecified atom stereocenters. The van der Waals surface area contributed by atoms with Crippen molar-refractivity contribution in [2.24, 2.45) is 5.41 Å². The Morgan fingerprint density at radius 3 is 2.71 bits per heavy atom. The van der Waals surface area contributed by atoms with E-state index in [9.17, 15) is 14.3 Å². The number of aliphatic hydroxyl groups is 1. The Hall–Kier alpha value is -2.51. The number of aliphatic hydroxyl groups excluding tert-OH is 1. The number of carbonyl (C=O) groups is 1. The largest absolute Gasteiger partial charge is 0.486 e. The van der Waals surface area contributed by atoms with Crippen molar-refractivity contribution in [1.82, 2.24) is 15.6 Å². The lowest BCUT2D eigenvalue weighted by atomic mass is 9.87. The van der Waals surface area contributed by atoms with Crippen LogP contribution in [0.25, 0.3) is 0 Å². The van der Waals surface area contributed by atoms with E-state index in [-0.39, 0.29) is 35.3 Å². The van der Waals surface area contributed by atoms with Crippen molar-refractivity contribution in [2.45, 2.75) is 84.6 Å². The molecule has 1 aromatic carbocycles. The summed E-state index contributed by atoms with van der Waals surface area (Å²) in [7, 11) is 0. The van der Waals surface area contributed by atoms with E-state index in [4.69, 9.17) is 4.74 Å². The van der Waals surface area contributed by atoms with E-state index >= 15 is 0 Å². The molecule has 0 radical (unpaired) electrons. The molecule has 1 aromatic heterocycles. The van der Waals surface area contributed by atoms with Gasteiger partial charge in [0.2, 0.25) is 5.91 Å². The Bertz CT molecular complexity index is 1000. The molecule has 6 nitrogen and oxygen atoms in total. The molecule has 0 bridgehead atoms. The van der Waals surface area contributed by atoms with E-state index < -0.39 is 12.1 Å². The zero-order valence-corrected chi connectivity index (χ0v) is 21.1. The zero-order chi connectivity index (χ0) is 25.1. The van der Waals surface area contributed by atoms with Crippen molar-refractivity contribution in [3.63, 3.8) is 0 Å². The van der Waals surface area contributed by atoms with Crippen molar-refractivity contribution in [1.29, 1.82) is 0 Å². The van der Waals surface area contributed by atoms with Crippen LogP contribution in [0.1, 0.15) is 70.8 Å². The summed E-state index contributed by atoms with van der Waals surface area (Å²) < 4.78 is 19.8. The fourth-order valence-electron chi connectivity index (χ4n) is 4.49. The van der Waals surface area contributed by atoms with Gasteiger partial charge in [0.05, 0.1) is 18.3 Å². The lowest BCUT2D eigenvalue weighted by Gasteiger charge is -2.38. The van der Waals surface area contributed by atoms with Gasteiger partial charge in [0, 0.05) is 37.2 Å². The minimum Gasteiger partial charge on any atom is -0.486 e. The number of ether oxygens (including phenoxy) is 1. The highest BCUT2D eigenvalue weighted by molar-refractivity contribution is 5.73. The van der Waals surface area contributed by atoms with Crippen molar-refractivity contribution in [3.8, 4) is 5.75 Å². The number of carbonyl (C=O) groups excluding carboxylic acids is 1. The summed E-state index contributed by atoms with van der Waals surface area (Å²) in [5, 5.41) is 17.3.